The molecule has 0 radical (unpaired) electrons. The van der Waals surface area contributed by atoms with Crippen molar-refractivity contribution >= 4 is 50.3 Å². The number of halogens is 2. The van der Waals surface area contributed by atoms with E-state index >= 15 is 0 Å². The fourth-order valence-corrected chi connectivity index (χ4v) is 3.33. The number of nitrogens with zero attached hydrogens (tertiary/aromatic N) is 2. The van der Waals surface area contributed by atoms with Crippen LogP contribution in [0.5, 0.6) is 0 Å². The van der Waals surface area contributed by atoms with Crippen LogP contribution in [0.3, 0.4) is 0 Å². The summed E-state index contributed by atoms with van der Waals surface area (Å²) in [6.45, 7) is 2.23. The summed E-state index contributed by atoms with van der Waals surface area (Å²) in [5, 5.41) is 0. The van der Waals surface area contributed by atoms with Crippen molar-refractivity contribution in [2.75, 3.05) is 17.9 Å². The Morgan fingerprint density at radius 1 is 1.50 bits per heavy atom. The molecule has 98 valence electrons. The van der Waals surface area contributed by atoms with Crippen molar-refractivity contribution in [1.29, 1.82) is 0 Å². The largest absolute Gasteiger partial charge is 0.324 e. The van der Waals surface area contributed by atoms with Crippen molar-refractivity contribution in [3.05, 3.63) is 28.5 Å². The molecular formula is C13H16BrClN2S. The van der Waals surface area contributed by atoms with Gasteiger partial charge in [-0.3, -0.25) is 0 Å². The van der Waals surface area contributed by atoms with Crippen molar-refractivity contribution in [1.82, 2.24) is 9.55 Å². The lowest BCUT2D eigenvalue weighted by atomic mass is 10.3. The number of benzene rings is 1. The molecule has 1 aromatic carbocycles. The van der Waals surface area contributed by atoms with Gasteiger partial charge in [-0.25, -0.2) is 4.98 Å². The summed E-state index contributed by atoms with van der Waals surface area (Å²) in [7, 11) is 0. The van der Waals surface area contributed by atoms with Gasteiger partial charge in [-0.05, 0) is 31.4 Å². The second-order valence-electron chi connectivity index (χ2n) is 4.27. The number of fused-ring (bicyclic) bond motifs is 1. The van der Waals surface area contributed by atoms with E-state index in [1.807, 2.05) is 17.8 Å². The number of hydrogen-bond acceptors (Lipinski definition) is 2. The second-order valence-corrected chi connectivity index (χ2v) is 6.48. The molecule has 0 spiro atoms. The zero-order valence-corrected chi connectivity index (χ0v) is 13.6. The average molecular weight is 348 g/mol. The molecule has 0 saturated carbocycles. The summed E-state index contributed by atoms with van der Waals surface area (Å²) in [5.41, 5.74) is 2.23. The molecule has 2 rings (SSSR count). The Morgan fingerprint density at radius 3 is 2.94 bits per heavy atom. The van der Waals surface area contributed by atoms with Crippen LogP contribution in [0.25, 0.3) is 11.0 Å². The highest BCUT2D eigenvalue weighted by atomic mass is 79.9. The Labute approximate surface area is 125 Å². The van der Waals surface area contributed by atoms with E-state index in [2.05, 4.69) is 45.8 Å². The van der Waals surface area contributed by atoms with E-state index in [1.54, 1.807) is 0 Å². The molecule has 2 nitrogen and oxygen atoms in total. The first kappa shape index (κ1) is 14.2. The van der Waals surface area contributed by atoms with Gasteiger partial charge in [0.05, 0.1) is 11.0 Å². The molecule has 18 heavy (non-hydrogen) atoms. The zero-order chi connectivity index (χ0) is 13.1. The van der Waals surface area contributed by atoms with Crippen molar-refractivity contribution in [2.24, 2.45) is 0 Å². The Morgan fingerprint density at radius 2 is 2.28 bits per heavy atom. The van der Waals surface area contributed by atoms with Crippen molar-refractivity contribution in [2.45, 2.75) is 19.4 Å². The van der Waals surface area contributed by atoms with Gasteiger partial charge in [0.15, 0.2) is 0 Å². The van der Waals surface area contributed by atoms with Crippen LogP contribution in [0.15, 0.2) is 22.7 Å². The van der Waals surface area contributed by atoms with Crippen LogP contribution in [0.4, 0.5) is 0 Å². The van der Waals surface area contributed by atoms with Crippen LogP contribution in [0, 0.1) is 0 Å². The third-order valence-corrected chi connectivity index (χ3v) is 4.39. The Hall–Kier alpha value is -0.190. The molecule has 0 aliphatic carbocycles. The number of alkyl halides is 1. The predicted octanol–water partition coefficient (Wildman–Crippen LogP) is 4.50. The van der Waals surface area contributed by atoms with Crippen LogP contribution in [0.2, 0.25) is 0 Å². The first-order valence-corrected chi connectivity index (χ1v) is 8.60. The molecule has 0 saturated heterocycles. The van der Waals surface area contributed by atoms with Crippen molar-refractivity contribution in [3.8, 4) is 0 Å². The van der Waals surface area contributed by atoms with Gasteiger partial charge in [0.1, 0.15) is 5.82 Å². The fourth-order valence-electron chi connectivity index (χ4n) is 2.18. The summed E-state index contributed by atoms with van der Waals surface area (Å²) in [6.07, 6.45) is 2.94. The molecule has 5 heteroatoms. The molecule has 0 N–H and O–H groups in total. The van der Waals surface area contributed by atoms with E-state index in [4.69, 9.17) is 16.6 Å². The topological polar surface area (TPSA) is 17.8 Å². The van der Waals surface area contributed by atoms with Gasteiger partial charge in [-0.2, -0.15) is 11.8 Å². The minimum atomic E-state index is 0.428. The zero-order valence-electron chi connectivity index (χ0n) is 10.5. The molecule has 0 amide bonds. The summed E-state index contributed by atoms with van der Waals surface area (Å²) in [4.78, 5) is 4.70. The van der Waals surface area contributed by atoms with E-state index in [0.717, 1.165) is 28.0 Å². The minimum Gasteiger partial charge on any atom is -0.324 e. The van der Waals surface area contributed by atoms with E-state index in [-0.39, 0.29) is 0 Å². The van der Waals surface area contributed by atoms with Gasteiger partial charge < -0.3 is 4.57 Å². The maximum absolute atomic E-state index is 5.88. The monoisotopic (exact) mass is 346 g/mol. The lowest BCUT2D eigenvalue weighted by Gasteiger charge is -2.16. The highest BCUT2D eigenvalue weighted by Crippen LogP contribution is 2.26. The lowest BCUT2D eigenvalue weighted by Crippen LogP contribution is -2.12. The van der Waals surface area contributed by atoms with Crippen LogP contribution >= 0.6 is 39.3 Å². The molecular weight excluding hydrogens is 332 g/mol. The Kier molecular flexibility index (Phi) is 4.98. The number of imidazole rings is 1. The first-order chi connectivity index (χ1) is 8.67. The predicted molar refractivity (Wildman–Crippen MR) is 85.0 cm³/mol. The Balaban J connectivity index is 2.56. The molecule has 0 fully saturated rings. The smallest absolute Gasteiger partial charge is 0.111 e. The van der Waals surface area contributed by atoms with E-state index in [9.17, 15) is 0 Å². The third kappa shape index (κ3) is 2.86. The summed E-state index contributed by atoms with van der Waals surface area (Å²) < 4.78 is 3.41. The first-order valence-electron chi connectivity index (χ1n) is 5.88. The maximum atomic E-state index is 5.88. The number of aromatic nitrogens is 2. The Bertz CT molecular complexity index is 541. The lowest BCUT2D eigenvalue weighted by molar-refractivity contribution is 0.597. The number of aryl methyl sites for hydroxylation is 1. The van der Waals surface area contributed by atoms with Gasteiger partial charge >= 0.3 is 0 Å². The molecule has 0 aliphatic heterocycles. The van der Waals surface area contributed by atoms with Gasteiger partial charge in [0, 0.05) is 28.6 Å². The van der Waals surface area contributed by atoms with Gasteiger partial charge in [0.2, 0.25) is 0 Å². The minimum absolute atomic E-state index is 0.428. The number of rotatable bonds is 5. The molecule has 1 aromatic heterocycles. The third-order valence-electron chi connectivity index (χ3n) is 2.89. The average Bonchev–Trinajstić information content (AvgIpc) is 2.67. The highest BCUT2D eigenvalue weighted by molar-refractivity contribution is 9.10. The fraction of sp³-hybridized carbons (Fsp3) is 0.462. The van der Waals surface area contributed by atoms with E-state index in [0.29, 0.717) is 11.9 Å². The second kappa shape index (κ2) is 6.31. The molecule has 2 aromatic rings. The van der Waals surface area contributed by atoms with Gasteiger partial charge in [0.25, 0.3) is 0 Å². The van der Waals surface area contributed by atoms with E-state index < -0.39 is 0 Å². The quantitative estimate of drug-likeness (QED) is 0.741. The molecule has 1 unspecified atom stereocenters. The van der Waals surface area contributed by atoms with Gasteiger partial charge in [-0.1, -0.05) is 15.9 Å². The van der Waals surface area contributed by atoms with Crippen LogP contribution in [0.1, 0.15) is 18.8 Å². The summed E-state index contributed by atoms with van der Waals surface area (Å²) in [6, 6.07) is 6.65. The molecule has 1 heterocycles. The van der Waals surface area contributed by atoms with Crippen molar-refractivity contribution < 1.29 is 0 Å². The van der Waals surface area contributed by atoms with Crippen molar-refractivity contribution in [3.63, 3.8) is 0 Å². The standard InChI is InChI=1S/C13H16BrClN2S/c1-9(8-18-2)17-12-7-10(14)3-4-11(12)16-13(17)5-6-15/h3-4,7,9H,5-6,8H2,1-2H3. The number of hydrogen-bond donors (Lipinski definition) is 0. The summed E-state index contributed by atoms with van der Waals surface area (Å²) in [5.74, 6) is 2.77. The van der Waals surface area contributed by atoms with E-state index in [1.165, 1.54) is 5.52 Å². The highest BCUT2D eigenvalue weighted by Gasteiger charge is 2.15. The van der Waals surface area contributed by atoms with Crippen LogP contribution < -0.4 is 0 Å². The normalized spacial score (nSPS) is 13.1. The SMILES string of the molecule is CSCC(C)n1c(CCCl)nc2ccc(Br)cc21. The van der Waals surface area contributed by atoms with Gasteiger partial charge in [-0.15, -0.1) is 11.6 Å². The summed E-state index contributed by atoms with van der Waals surface area (Å²) >= 11 is 11.3. The molecule has 0 bridgehead atoms. The maximum Gasteiger partial charge on any atom is 0.111 e. The molecule has 0 aliphatic rings. The van der Waals surface area contributed by atoms with Crippen LogP contribution in [-0.4, -0.2) is 27.4 Å². The number of thioether (sulfide) groups is 1. The van der Waals surface area contributed by atoms with Crippen LogP contribution in [-0.2, 0) is 6.42 Å². The molecule has 1 atom stereocenters.